The Labute approximate surface area is 527 Å². The van der Waals surface area contributed by atoms with Crippen LogP contribution >= 0.6 is 0 Å². The van der Waals surface area contributed by atoms with Gasteiger partial charge in [-0.2, -0.15) is 0 Å². The van der Waals surface area contributed by atoms with Crippen molar-refractivity contribution in [3.8, 4) is 0 Å². The zero-order chi connectivity index (χ0) is 60.6. The molecule has 0 saturated heterocycles. The van der Waals surface area contributed by atoms with Crippen LogP contribution in [-0.2, 0) is 14.3 Å². The molecule has 0 aliphatic rings. The highest BCUT2D eigenvalue weighted by molar-refractivity contribution is 5.76. The molecule has 0 radical (unpaired) electrons. The van der Waals surface area contributed by atoms with Gasteiger partial charge in [-0.25, -0.2) is 0 Å². The van der Waals surface area contributed by atoms with Crippen LogP contribution in [0.4, 0.5) is 0 Å². The number of carbonyl (C=O) groups excluding carboxylic acids is 2. The third-order valence-electron chi connectivity index (χ3n) is 18.9. The highest BCUT2D eigenvalue weighted by atomic mass is 16.5. The third kappa shape index (κ3) is 70.0. The first-order valence-corrected chi connectivity index (χ1v) is 39.3. The molecule has 0 spiro atoms. The predicted octanol–water partition coefficient (Wildman–Crippen LogP) is 25.7. The topological polar surface area (TPSA) is 95.9 Å². The molecule has 0 aliphatic carbocycles. The van der Waals surface area contributed by atoms with Crippen molar-refractivity contribution in [1.82, 2.24) is 5.32 Å². The van der Waals surface area contributed by atoms with Gasteiger partial charge >= 0.3 is 5.97 Å². The van der Waals surface area contributed by atoms with Gasteiger partial charge in [0.25, 0.3) is 0 Å². The van der Waals surface area contributed by atoms with Crippen LogP contribution in [0, 0.1) is 0 Å². The summed E-state index contributed by atoms with van der Waals surface area (Å²) in [5, 5.41) is 23.5. The number of esters is 1. The lowest BCUT2D eigenvalue weighted by atomic mass is 10.0. The number of amides is 1. The standard InChI is InChI=1S/C78H155NO5/c1-3-5-7-9-11-13-15-16-17-18-19-20-21-32-35-38-41-44-47-51-54-58-62-66-70-76(81)75(74-80)79-77(82)71-67-63-59-55-52-48-45-42-39-36-33-30-28-26-24-22-23-25-27-29-31-34-37-40-43-46-49-53-57-61-65-69-73-84-78(83)72-68-64-60-56-50-14-12-10-8-6-4-2/h75-76,80-81H,3-74H2,1-2H3,(H,79,82). The van der Waals surface area contributed by atoms with Crippen LogP contribution in [0.2, 0.25) is 0 Å². The maximum absolute atomic E-state index is 12.6. The van der Waals surface area contributed by atoms with Gasteiger partial charge in [0.15, 0.2) is 0 Å². The van der Waals surface area contributed by atoms with Crippen LogP contribution in [-0.4, -0.2) is 47.4 Å². The lowest BCUT2D eigenvalue weighted by Crippen LogP contribution is -2.45. The van der Waals surface area contributed by atoms with E-state index in [0.717, 1.165) is 38.5 Å². The minimum absolute atomic E-state index is 0.0223. The van der Waals surface area contributed by atoms with E-state index in [0.29, 0.717) is 25.9 Å². The summed E-state index contributed by atoms with van der Waals surface area (Å²) in [6, 6.07) is -0.538. The largest absolute Gasteiger partial charge is 0.466 e. The van der Waals surface area contributed by atoms with E-state index in [1.165, 1.54) is 392 Å². The van der Waals surface area contributed by atoms with Crippen molar-refractivity contribution in [2.45, 2.75) is 475 Å². The maximum Gasteiger partial charge on any atom is 0.305 e. The molecule has 502 valence electrons. The first-order valence-electron chi connectivity index (χ1n) is 39.3. The number of hydrogen-bond acceptors (Lipinski definition) is 5. The summed E-state index contributed by atoms with van der Waals surface area (Å²) in [5.41, 5.74) is 0. The second-order valence-electron chi connectivity index (χ2n) is 27.4. The lowest BCUT2D eigenvalue weighted by Gasteiger charge is -2.22. The van der Waals surface area contributed by atoms with Gasteiger partial charge in [0.2, 0.25) is 5.91 Å². The van der Waals surface area contributed by atoms with E-state index in [9.17, 15) is 19.8 Å². The second kappa shape index (κ2) is 74.3. The fourth-order valence-corrected chi connectivity index (χ4v) is 12.9. The fraction of sp³-hybridized carbons (Fsp3) is 0.974. The molecule has 0 saturated carbocycles. The molecule has 0 aromatic rings. The van der Waals surface area contributed by atoms with Crippen LogP contribution < -0.4 is 5.32 Å². The average Bonchev–Trinajstić information content (AvgIpc) is 3.50. The molecular weight excluding hydrogens is 1030 g/mol. The van der Waals surface area contributed by atoms with Gasteiger partial charge < -0.3 is 20.3 Å². The lowest BCUT2D eigenvalue weighted by molar-refractivity contribution is -0.143. The van der Waals surface area contributed by atoms with Crippen molar-refractivity contribution in [1.29, 1.82) is 0 Å². The Balaban J connectivity index is 3.32. The van der Waals surface area contributed by atoms with Crippen molar-refractivity contribution in [3.63, 3.8) is 0 Å². The minimum atomic E-state index is -0.662. The monoisotopic (exact) mass is 1190 g/mol. The Kier molecular flexibility index (Phi) is 73.3. The van der Waals surface area contributed by atoms with E-state index in [4.69, 9.17) is 4.74 Å². The summed E-state index contributed by atoms with van der Waals surface area (Å²) in [5.74, 6) is -0.00158. The van der Waals surface area contributed by atoms with E-state index in [-0.39, 0.29) is 18.5 Å². The Bertz CT molecular complexity index is 1230. The molecular formula is C78H155NO5. The van der Waals surface area contributed by atoms with E-state index < -0.39 is 12.1 Å². The molecule has 0 aliphatic heterocycles. The molecule has 2 atom stereocenters. The van der Waals surface area contributed by atoms with Gasteiger partial charge in [0, 0.05) is 12.8 Å². The summed E-state index contributed by atoms with van der Waals surface area (Å²) >= 11 is 0. The van der Waals surface area contributed by atoms with Crippen LogP contribution in [0.1, 0.15) is 463 Å². The number of carbonyl (C=O) groups is 2. The molecule has 0 rings (SSSR count). The molecule has 1 amide bonds. The molecule has 6 nitrogen and oxygen atoms in total. The first kappa shape index (κ1) is 82.9. The van der Waals surface area contributed by atoms with E-state index in [1.54, 1.807) is 0 Å². The second-order valence-corrected chi connectivity index (χ2v) is 27.4. The molecule has 2 unspecified atom stereocenters. The minimum Gasteiger partial charge on any atom is -0.466 e. The Morgan fingerprint density at radius 1 is 0.286 bits per heavy atom. The van der Waals surface area contributed by atoms with Crippen LogP contribution in [0.25, 0.3) is 0 Å². The quantitative estimate of drug-likeness (QED) is 0.0417. The van der Waals surface area contributed by atoms with Crippen molar-refractivity contribution in [2.24, 2.45) is 0 Å². The molecule has 0 bridgehead atoms. The van der Waals surface area contributed by atoms with E-state index >= 15 is 0 Å². The van der Waals surface area contributed by atoms with Crippen molar-refractivity contribution >= 4 is 11.9 Å². The maximum atomic E-state index is 12.6. The third-order valence-corrected chi connectivity index (χ3v) is 18.9. The zero-order valence-electron chi connectivity index (χ0n) is 57.7. The number of unbranched alkanes of at least 4 members (excludes halogenated alkanes) is 64. The molecule has 6 heteroatoms. The first-order chi connectivity index (χ1) is 41.5. The Hall–Kier alpha value is -1.14. The van der Waals surface area contributed by atoms with Gasteiger partial charge in [0.05, 0.1) is 25.4 Å². The number of hydrogen-bond donors (Lipinski definition) is 3. The molecule has 0 fully saturated rings. The highest BCUT2D eigenvalue weighted by Crippen LogP contribution is 2.21. The summed E-state index contributed by atoms with van der Waals surface area (Å²) in [6.07, 6.45) is 92.0. The molecule has 0 aromatic carbocycles. The number of rotatable bonds is 75. The van der Waals surface area contributed by atoms with Gasteiger partial charge in [-0.3, -0.25) is 9.59 Å². The summed E-state index contributed by atoms with van der Waals surface area (Å²) in [6.45, 7) is 5.01. The average molecular weight is 1190 g/mol. The molecule has 0 aromatic heterocycles. The van der Waals surface area contributed by atoms with Gasteiger partial charge in [0.1, 0.15) is 0 Å². The summed E-state index contributed by atoms with van der Waals surface area (Å²) in [4.78, 5) is 24.6. The summed E-state index contributed by atoms with van der Waals surface area (Å²) < 4.78 is 5.48. The Morgan fingerprint density at radius 2 is 0.488 bits per heavy atom. The van der Waals surface area contributed by atoms with Gasteiger partial charge in [-0.15, -0.1) is 0 Å². The van der Waals surface area contributed by atoms with Crippen molar-refractivity contribution in [3.05, 3.63) is 0 Å². The SMILES string of the molecule is CCCCCCCCCCCCCCCCCCCCCCCCCCC(O)C(CO)NC(=O)CCCCCCCCCCCCCCCCCCCCCCCCCCCCCCCCCCOC(=O)CCCCCCCCCCCCC. The zero-order valence-corrected chi connectivity index (χ0v) is 57.7. The van der Waals surface area contributed by atoms with Crippen LogP contribution in [0.3, 0.4) is 0 Å². The molecule has 3 N–H and O–H groups in total. The normalized spacial score (nSPS) is 12.4. The number of ether oxygens (including phenoxy) is 1. The molecule has 84 heavy (non-hydrogen) atoms. The van der Waals surface area contributed by atoms with Gasteiger partial charge in [-0.05, 0) is 25.7 Å². The van der Waals surface area contributed by atoms with Crippen LogP contribution in [0.15, 0.2) is 0 Å². The predicted molar refractivity (Wildman–Crippen MR) is 371 cm³/mol. The van der Waals surface area contributed by atoms with Crippen LogP contribution in [0.5, 0.6) is 0 Å². The number of nitrogens with one attached hydrogen (secondary N) is 1. The van der Waals surface area contributed by atoms with Crippen molar-refractivity contribution < 1.29 is 24.5 Å². The smallest absolute Gasteiger partial charge is 0.305 e. The fourth-order valence-electron chi connectivity index (χ4n) is 12.9. The highest BCUT2D eigenvalue weighted by Gasteiger charge is 2.20. The van der Waals surface area contributed by atoms with E-state index in [1.807, 2.05) is 0 Å². The molecule has 0 heterocycles. The van der Waals surface area contributed by atoms with E-state index in [2.05, 4.69) is 19.2 Å². The van der Waals surface area contributed by atoms with Gasteiger partial charge in [-0.1, -0.05) is 425 Å². The number of aliphatic hydroxyl groups excluding tert-OH is 2. The Morgan fingerprint density at radius 3 is 0.726 bits per heavy atom. The number of aliphatic hydroxyl groups is 2. The van der Waals surface area contributed by atoms with Crippen molar-refractivity contribution in [2.75, 3.05) is 13.2 Å². The summed E-state index contributed by atoms with van der Waals surface area (Å²) in [7, 11) is 0.